The molecule has 0 aliphatic heterocycles. The quantitative estimate of drug-likeness (QED) is 0.891. The minimum Gasteiger partial charge on any atom is -0.347 e. The van der Waals surface area contributed by atoms with Crippen molar-refractivity contribution in [3.63, 3.8) is 0 Å². The maximum absolute atomic E-state index is 4.27. The molecular formula is C13H17BrN2. The second kappa shape index (κ2) is 5.48. The van der Waals surface area contributed by atoms with Gasteiger partial charge in [0.1, 0.15) is 5.82 Å². The van der Waals surface area contributed by atoms with Gasteiger partial charge in [-0.3, -0.25) is 0 Å². The average molecular weight is 281 g/mol. The lowest BCUT2D eigenvalue weighted by Crippen LogP contribution is -1.99. The van der Waals surface area contributed by atoms with E-state index >= 15 is 0 Å². The van der Waals surface area contributed by atoms with Gasteiger partial charge in [0.15, 0.2) is 0 Å². The lowest BCUT2D eigenvalue weighted by Gasteiger charge is -2.10. The van der Waals surface area contributed by atoms with Gasteiger partial charge in [-0.2, -0.15) is 0 Å². The Morgan fingerprint density at radius 2 is 2.19 bits per heavy atom. The van der Waals surface area contributed by atoms with Gasteiger partial charge < -0.3 is 5.32 Å². The van der Waals surface area contributed by atoms with Crippen molar-refractivity contribution in [3.8, 4) is 0 Å². The molecule has 16 heavy (non-hydrogen) atoms. The summed E-state index contributed by atoms with van der Waals surface area (Å²) < 4.78 is 1.01. The first kappa shape index (κ1) is 11.6. The number of halogens is 1. The smallest absolute Gasteiger partial charge is 0.129 e. The van der Waals surface area contributed by atoms with Gasteiger partial charge in [-0.25, -0.2) is 4.98 Å². The summed E-state index contributed by atoms with van der Waals surface area (Å²) in [4.78, 5) is 4.27. The van der Waals surface area contributed by atoms with Crippen LogP contribution in [0.25, 0.3) is 0 Å². The lowest BCUT2D eigenvalue weighted by molar-refractivity contribution is 0.641. The Morgan fingerprint density at radius 1 is 1.44 bits per heavy atom. The van der Waals surface area contributed by atoms with Crippen LogP contribution in [0.3, 0.4) is 0 Å². The summed E-state index contributed by atoms with van der Waals surface area (Å²) in [5.41, 5.74) is 1.45. The molecule has 0 atom stereocenters. The third-order valence-electron chi connectivity index (χ3n) is 3.17. The van der Waals surface area contributed by atoms with Gasteiger partial charge in [0.2, 0.25) is 0 Å². The second-order valence-electron chi connectivity index (χ2n) is 4.38. The maximum atomic E-state index is 4.27. The molecule has 1 aromatic rings. The van der Waals surface area contributed by atoms with E-state index < -0.39 is 0 Å². The van der Waals surface area contributed by atoms with Crippen LogP contribution < -0.4 is 5.32 Å². The van der Waals surface area contributed by atoms with Crippen LogP contribution in [0.1, 0.15) is 32.6 Å². The van der Waals surface area contributed by atoms with E-state index in [0.717, 1.165) is 16.2 Å². The molecule has 2 nitrogen and oxygen atoms in total. The van der Waals surface area contributed by atoms with E-state index in [9.17, 15) is 0 Å². The van der Waals surface area contributed by atoms with E-state index in [-0.39, 0.29) is 0 Å². The molecule has 0 unspecified atom stereocenters. The molecule has 1 aliphatic carbocycles. The first-order valence-electron chi connectivity index (χ1n) is 5.80. The number of pyridine rings is 1. The highest BCUT2D eigenvalue weighted by Crippen LogP contribution is 2.30. The van der Waals surface area contributed by atoms with Crippen molar-refractivity contribution in [2.24, 2.45) is 5.92 Å². The first-order valence-corrected chi connectivity index (χ1v) is 6.60. The van der Waals surface area contributed by atoms with Gasteiger partial charge in [0, 0.05) is 16.9 Å². The minimum absolute atomic E-state index is 0.781. The molecule has 0 spiro atoms. The number of hydrogen-bond donors (Lipinski definition) is 1. The van der Waals surface area contributed by atoms with Crippen molar-refractivity contribution < 1.29 is 0 Å². The molecule has 1 aromatic heterocycles. The van der Waals surface area contributed by atoms with Crippen molar-refractivity contribution in [1.29, 1.82) is 0 Å². The number of hydrogen-bond acceptors (Lipinski definition) is 2. The molecule has 86 valence electrons. The van der Waals surface area contributed by atoms with Crippen molar-refractivity contribution in [2.45, 2.75) is 32.6 Å². The first-order chi connectivity index (χ1) is 7.75. The number of allylic oxidation sites excluding steroid dienone is 1. The SMILES string of the molecule is C/C(=C\Nc1ccc(Br)cn1)C1CCCC1. The Balaban J connectivity index is 1.94. The molecule has 0 saturated heterocycles. The summed E-state index contributed by atoms with van der Waals surface area (Å²) in [5.74, 6) is 1.68. The Morgan fingerprint density at radius 3 is 2.81 bits per heavy atom. The van der Waals surface area contributed by atoms with Crippen LogP contribution in [-0.2, 0) is 0 Å². The molecular weight excluding hydrogens is 264 g/mol. The third-order valence-corrected chi connectivity index (χ3v) is 3.64. The van der Waals surface area contributed by atoms with Gasteiger partial charge in [-0.1, -0.05) is 18.4 Å². The van der Waals surface area contributed by atoms with Crippen LogP contribution in [0.4, 0.5) is 5.82 Å². The number of nitrogens with one attached hydrogen (secondary N) is 1. The standard InChI is InChI=1S/C13H17BrN2/c1-10(11-4-2-3-5-11)8-15-13-7-6-12(14)9-16-13/h6-9,11H,2-5H2,1H3,(H,15,16)/b10-8+. The van der Waals surface area contributed by atoms with Crippen LogP contribution in [-0.4, -0.2) is 4.98 Å². The Hall–Kier alpha value is -0.830. The number of anilines is 1. The molecule has 2 rings (SSSR count). The molecule has 1 fully saturated rings. The average Bonchev–Trinajstić information content (AvgIpc) is 2.81. The van der Waals surface area contributed by atoms with Gasteiger partial charge in [-0.05, 0) is 53.7 Å². The van der Waals surface area contributed by atoms with Crippen LogP contribution >= 0.6 is 15.9 Å². The fourth-order valence-electron chi connectivity index (χ4n) is 2.15. The summed E-state index contributed by atoms with van der Waals surface area (Å²) in [6, 6.07) is 3.97. The van der Waals surface area contributed by atoms with E-state index in [1.165, 1.54) is 31.3 Å². The molecule has 1 N–H and O–H groups in total. The summed E-state index contributed by atoms with van der Waals surface area (Å²) in [6.07, 6.45) is 9.36. The van der Waals surface area contributed by atoms with E-state index in [0.29, 0.717) is 0 Å². The number of aromatic nitrogens is 1. The Bertz CT molecular complexity index is 364. The summed E-state index contributed by atoms with van der Waals surface area (Å²) in [7, 11) is 0. The van der Waals surface area contributed by atoms with E-state index in [2.05, 4.69) is 39.4 Å². The van der Waals surface area contributed by atoms with Crippen molar-refractivity contribution >= 4 is 21.7 Å². The van der Waals surface area contributed by atoms with Crippen molar-refractivity contribution in [1.82, 2.24) is 4.98 Å². The van der Waals surface area contributed by atoms with Gasteiger partial charge in [0.25, 0.3) is 0 Å². The zero-order valence-corrected chi connectivity index (χ0v) is 11.1. The fraction of sp³-hybridized carbons (Fsp3) is 0.462. The topological polar surface area (TPSA) is 24.9 Å². The van der Waals surface area contributed by atoms with E-state index in [1.54, 1.807) is 6.20 Å². The van der Waals surface area contributed by atoms with Crippen molar-refractivity contribution in [3.05, 3.63) is 34.6 Å². The van der Waals surface area contributed by atoms with Gasteiger partial charge in [0.05, 0.1) is 0 Å². The highest BCUT2D eigenvalue weighted by Gasteiger charge is 2.15. The predicted octanol–water partition coefficient (Wildman–Crippen LogP) is 4.35. The highest BCUT2D eigenvalue weighted by molar-refractivity contribution is 9.10. The Kier molecular flexibility index (Phi) is 3.99. The fourth-order valence-corrected chi connectivity index (χ4v) is 2.38. The van der Waals surface area contributed by atoms with Crippen molar-refractivity contribution in [2.75, 3.05) is 5.32 Å². The van der Waals surface area contributed by atoms with Crippen LogP contribution in [0.15, 0.2) is 34.6 Å². The van der Waals surface area contributed by atoms with Gasteiger partial charge >= 0.3 is 0 Å². The van der Waals surface area contributed by atoms with E-state index in [4.69, 9.17) is 0 Å². The maximum Gasteiger partial charge on any atom is 0.129 e. The molecule has 0 radical (unpaired) electrons. The summed E-state index contributed by atoms with van der Waals surface area (Å²) in [6.45, 7) is 2.21. The van der Waals surface area contributed by atoms with E-state index in [1.807, 2.05) is 12.1 Å². The molecule has 0 aromatic carbocycles. The number of rotatable bonds is 3. The predicted molar refractivity (Wildman–Crippen MR) is 71.3 cm³/mol. The second-order valence-corrected chi connectivity index (χ2v) is 5.29. The summed E-state index contributed by atoms with van der Waals surface area (Å²) in [5, 5.41) is 3.25. The Labute approximate surface area is 105 Å². The monoisotopic (exact) mass is 280 g/mol. The largest absolute Gasteiger partial charge is 0.347 e. The zero-order chi connectivity index (χ0) is 11.4. The highest BCUT2D eigenvalue weighted by atomic mass is 79.9. The molecule has 1 heterocycles. The minimum atomic E-state index is 0.781. The lowest BCUT2D eigenvalue weighted by atomic mass is 10.0. The molecule has 1 aliphatic rings. The van der Waals surface area contributed by atoms with Gasteiger partial charge in [-0.15, -0.1) is 0 Å². The molecule has 0 bridgehead atoms. The number of nitrogens with zero attached hydrogens (tertiary/aromatic N) is 1. The third kappa shape index (κ3) is 3.08. The zero-order valence-electron chi connectivity index (χ0n) is 9.54. The van der Waals surface area contributed by atoms with Crippen LogP contribution in [0.2, 0.25) is 0 Å². The van der Waals surface area contributed by atoms with Crippen LogP contribution in [0, 0.1) is 5.92 Å². The van der Waals surface area contributed by atoms with Crippen LogP contribution in [0.5, 0.6) is 0 Å². The normalized spacial score (nSPS) is 17.8. The molecule has 0 amide bonds. The molecule has 1 saturated carbocycles. The summed E-state index contributed by atoms with van der Waals surface area (Å²) >= 11 is 3.37. The molecule has 3 heteroatoms.